The van der Waals surface area contributed by atoms with E-state index in [1.54, 1.807) is 32.6 Å². The van der Waals surface area contributed by atoms with E-state index in [1.807, 2.05) is 53.6 Å². The fourth-order valence-corrected chi connectivity index (χ4v) is 6.56. The molecule has 1 unspecified atom stereocenters. The first-order valence-corrected chi connectivity index (χ1v) is 16.0. The van der Waals surface area contributed by atoms with Crippen LogP contribution >= 0.6 is 0 Å². The smallest absolute Gasteiger partial charge is 0.261 e. The van der Waals surface area contributed by atoms with Crippen LogP contribution in [0.5, 0.6) is 23.0 Å². The van der Waals surface area contributed by atoms with Gasteiger partial charge in [0.2, 0.25) is 6.41 Å². The Hall–Kier alpha value is -5.64. The van der Waals surface area contributed by atoms with Gasteiger partial charge in [-0.2, -0.15) is 0 Å². The van der Waals surface area contributed by atoms with Gasteiger partial charge in [0.05, 0.1) is 56.5 Å². The Bertz CT molecular complexity index is 1950. The molecule has 3 aliphatic heterocycles. The molecule has 0 aromatic heterocycles. The lowest BCUT2D eigenvalue weighted by Crippen LogP contribution is -2.37. The number of hydrogen-bond donors (Lipinski definition) is 1. The lowest BCUT2D eigenvalue weighted by atomic mass is 9.93. The minimum absolute atomic E-state index is 0.109. The molecule has 48 heavy (non-hydrogen) atoms. The third-order valence-corrected chi connectivity index (χ3v) is 8.88. The molecule has 0 bridgehead atoms. The highest BCUT2D eigenvalue weighted by atomic mass is 16.5. The van der Waals surface area contributed by atoms with E-state index in [0.29, 0.717) is 66.7 Å². The Morgan fingerprint density at radius 2 is 1.48 bits per heavy atom. The van der Waals surface area contributed by atoms with Crippen LogP contribution in [0.3, 0.4) is 0 Å². The Kier molecular flexibility index (Phi) is 8.54. The average molecular weight is 645 g/mol. The quantitative estimate of drug-likeness (QED) is 0.163. The normalized spacial score (nSPS) is 17.1. The van der Waals surface area contributed by atoms with Gasteiger partial charge in [-0.05, 0) is 48.2 Å². The van der Waals surface area contributed by atoms with Crippen molar-refractivity contribution in [2.45, 2.75) is 38.3 Å². The number of amides is 2. The summed E-state index contributed by atoms with van der Waals surface area (Å²) in [5.74, 6) is 2.01. The first-order chi connectivity index (χ1) is 23.5. The van der Waals surface area contributed by atoms with Gasteiger partial charge in [0.1, 0.15) is 0 Å². The molecule has 7 rings (SSSR count). The number of anilines is 1. The van der Waals surface area contributed by atoms with E-state index in [-0.39, 0.29) is 18.0 Å². The molecule has 10 heteroatoms. The number of carbonyl (C=O) groups excluding carboxylic acids is 2. The van der Waals surface area contributed by atoms with E-state index < -0.39 is 0 Å². The number of aryl methyl sites for hydroxylation is 1. The summed E-state index contributed by atoms with van der Waals surface area (Å²) in [5, 5.41) is 2.83. The van der Waals surface area contributed by atoms with Crippen molar-refractivity contribution >= 4 is 41.8 Å². The van der Waals surface area contributed by atoms with Crippen molar-refractivity contribution in [2.24, 2.45) is 9.98 Å². The molecule has 0 radical (unpaired) electrons. The van der Waals surface area contributed by atoms with Gasteiger partial charge in [-0.15, -0.1) is 0 Å². The van der Waals surface area contributed by atoms with Crippen LogP contribution in [0.15, 0.2) is 76.7 Å². The fourth-order valence-electron chi connectivity index (χ4n) is 6.56. The zero-order valence-corrected chi connectivity index (χ0v) is 27.1. The first kappa shape index (κ1) is 31.0. The number of nitrogens with zero attached hydrogens (tertiary/aromatic N) is 3. The lowest BCUT2D eigenvalue weighted by Gasteiger charge is -2.22. The highest BCUT2D eigenvalue weighted by molar-refractivity contribution is 6.14. The molecular weight excluding hydrogens is 608 g/mol. The molecule has 0 spiro atoms. The van der Waals surface area contributed by atoms with Crippen molar-refractivity contribution in [2.75, 3.05) is 32.3 Å². The summed E-state index contributed by atoms with van der Waals surface area (Å²) in [4.78, 5) is 36.2. The highest BCUT2D eigenvalue weighted by Gasteiger charge is 2.36. The number of rotatable bonds is 10. The molecule has 1 N–H and O–H groups in total. The molecule has 2 amide bonds. The Morgan fingerprint density at radius 3 is 2.21 bits per heavy atom. The molecule has 4 aromatic carbocycles. The van der Waals surface area contributed by atoms with E-state index in [9.17, 15) is 9.59 Å². The number of hydrogen-bond acceptors (Lipinski definition) is 8. The molecule has 0 fully saturated rings. The molecule has 0 saturated carbocycles. The molecule has 3 heterocycles. The van der Waals surface area contributed by atoms with E-state index in [1.165, 1.54) is 5.56 Å². The minimum atomic E-state index is -0.229. The maximum absolute atomic E-state index is 13.8. The van der Waals surface area contributed by atoms with Gasteiger partial charge in [-0.1, -0.05) is 42.0 Å². The van der Waals surface area contributed by atoms with Crippen LogP contribution in [0, 0.1) is 6.92 Å². The summed E-state index contributed by atoms with van der Waals surface area (Å²) >= 11 is 0. The minimum Gasteiger partial charge on any atom is -0.493 e. The second kappa shape index (κ2) is 13.2. The highest BCUT2D eigenvalue weighted by Crippen LogP contribution is 2.43. The topological polar surface area (TPSA) is 111 Å². The fraction of sp³-hybridized carbons (Fsp3) is 0.263. The van der Waals surface area contributed by atoms with E-state index >= 15 is 0 Å². The predicted octanol–water partition coefficient (Wildman–Crippen LogP) is 6.19. The molecule has 0 saturated heterocycles. The van der Waals surface area contributed by atoms with Crippen LogP contribution in [0.25, 0.3) is 11.1 Å². The van der Waals surface area contributed by atoms with Gasteiger partial charge in [0, 0.05) is 48.7 Å². The number of aliphatic imine (C=N–C) groups is 2. The van der Waals surface area contributed by atoms with Crippen molar-refractivity contribution in [3.63, 3.8) is 0 Å². The third kappa shape index (κ3) is 5.85. The molecule has 0 aliphatic carbocycles. The number of ether oxygens (including phenoxy) is 4. The zero-order chi connectivity index (χ0) is 33.2. The standard InChI is InChI=1S/C38H36N4O6/c1-23-9-10-33-25(13-23)15-27-21-40-32-19-37(35(46-3)17-30(32)38(44)42(27)33)48-12-6-11-47-36-18-31-29(16-34(36)45-2)28-8-5-4-7-24(28)14-26(20-39-31)41-22-43/h4-5,7-10,13,16-22,26-27H,6,11-12,14-15H2,1-3H3,(H,41,43)/t26?,27-/m0/s1. The maximum atomic E-state index is 13.8. The SMILES string of the molecule is COc1cc2c(cc1OCCCOc1cc3c(cc1OC)-c1ccccc1CC(NC=O)C=N3)N=C[C@@H]1Cc3cc(C)ccc3N1C2=O. The van der Waals surface area contributed by atoms with Gasteiger partial charge >= 0.3 is 0 Å². The number of methoxy groups -OCH3 is 2. The summed E-state index contributed by atoms with van der Waals surface area (Å²) in [5.41, 5.74) is 8.03. The number of fused-ring (bicyclic) bond motifs is 7. The Labute approximate surface area is 279 Å². The maximum Gasteiger partial charge on any atom is 0.261 e. The van der Waals surface area contributed by atoms with Crippen LogP contribution in [0.1, 0.15) is 33.5 Å². The van der Waals surface area contributed by atoms with Gasteiger partial charge in [-0.3, -0.25) is 24.5 Å². The van der Waals surface area contributed by atoms with Crippen LogP contribution in [0.4, 0.5) is 17.1 Å². The van der Waals surface area contributed by atoms with Crippen LogP contribution in [-0.4, -0.2) is 64.3 Å². The zero-order valence-electron chi connectivity index (χ0n) is 27.1. The monoisotopic (exact) mass is 644 g/mol. The van der Waals surface area contributed by atoms with Gasteiger partial charge in [-0.25, -0.2) is 0 Å². The average Bonchev–Trinajstić information content (AvgIpc) is 3.39. The van der Waals surface area contributed by atoms with Gasteiger partial charge in [0.25, 0.3) is 5.91 Å². The van der Waals surface area contributed by atoms with Crippen LogP contribution in [-0.2, 0) is 17.6 Å². The van der Waals surface area contributed by atoms with E-state index in [0.717, 1.165) is 40.0 Å². The first-order valence-electron chi connectivity index (χ1n) is 16.0. The lowest BCUT2D eigenvalue weighted by molar-refractivity contribution is -0.109. The van der Waals surface area contributed by atoms with Crippen molar-refractivity contribution in [1.29, 1.82) is 0 Å². The number of benzene rings is 4. The number of carbonyl (C=O) groups is 2. The molecule has 4 aromatic rings. The van der Waals surface area contributed by atoms with Crippen LogP contribution < -0.4 is 29.2 Å². The van der Waals surface area contributed by atoms with Crippen molar-refractivity contribution < 1.29 is 28.5 Å². The molecule has 10 nitrogen and oxygen atoms in total. The van der Waals surface area contributed by atoms with E-state index in [2.05, 4.69) is 24.4 Å². The number of nitrogens with one attached hydrogen (secondary N) is 1. The second-order valence-corrected chi connectivity index (χ2v) is 12.0. The van der Waals surface area contributed by atoms with Crippen molar-refractivity contribution in [3.05, 3.63) is 89.0 Å². The summed E-state index contributed by atoms with van der Waals surface area (Å²) in [6.45, 7) is 2.75. The molecule has 3 aliphatic rings. The summed E-state index contributed by atoms with van der Waals surface area (Å²) < 4.78 is 23.6. The summed E-state index contributed by atoms with van der Waals surface area (Å²) in [6, 6.07) is 21.2. The van der Waals surface area contributed by atoms with Gasteiger partial charge < -0.3 is 24.3 Å². The Balaban J connectivity index is 1.05. The predicted molar refractivity (Wildman–Crippen MR) is 186 cm³/mol. The van der Waals surface area contributed by atoms with Crippen molar-refractivity contribution in [1.82, 2.24) is 5.32 Å². The van der Waals surface area contributed by atoms with Crippen molar-refractivity contribution in [3.8, 4) is 34.1 Å². The molecular formula is C38H36N4O6. The van der Waals surface area contributed by atoms with Crippen LogP contribution in [0.2, 0.25) is 0 Å². The third-order valence-electron chi connectivity index (χ3n) is 8.88. The van der Waals surface area contributed by atoms with E-state index in [4.69, 9.17) is 28.9 Å². The molecule has 2 atom stereocenters. The summed E-state index contributed by atoms with van der Waals surface area (Å²) in [7, 11) is 3.17. The molecule has 244 valence electrons. The van der Waals surface area contributed by atoms with Gasteiger partial charge in [0.15, 0.2) is 23.0 Å². The largest absolute Gasteiger partial charge is 0.493 e. The second-order valence-electron chi connectivity index (χ2n) is 12.0. The summed E-state index contributed by atoms with van der Waals surface area (Å²) in [6.07, 6.45) is 6.22. The Morgan fingerprint density at radius 1 is 0.792 bits per heavy atom.